The van der Waals surface area contributed by atoms with Crippen molar-refractivity contribution in [1.29, 1.82) is 0 Å². The number of carboxylic acids is 1. The van der Waals surface area contributed by atoms with Gasteiger partial charge < -0.3 is 19.9 Å². The van der Waals surface area contributed by atoms with Crippen molar-refractivity contribution >= 4 is 5.97 Å². The molecular weight excluding hydrogens is 186 g/mol. The van der Waals surface area contributed by atoms with Crippen LogP contribution in [0.1, 0.15) is 12.8 Å². The van der Waals surface area contributed by atoms with E-state index in [2.05, 4.69) is 5.32 Å². The molecule has 2 aliphatic heterocycles. The summed E-state index contributed by atoms with van der Waals surface area (Å²) in [4.78, 5) is 10.4. The fourth-order valence-corrected chi connectivity index (χ4v) is 1.93. The third-order valence-corrected chi connectivity index (χ3v) is 2.66. The summed E-state index contributed by atoms with van der Waals surface area (Å²) in [6.45, 7) is 2.31. The lowest BCUT2D eigenvalue weighted by atomic mass is 10.1. The summed E-state index contributed by atoms with van der Waals surface area (Å²) < 4.78 is 10.9. The topological polar surface area (TPSA) is 67.8 Å². The molecule has 0 radical (unpaired) electrons. The third-order valence-electron chi connectivity index (χ3n) is 2.66. The Bertz CT molecular complexity index is 215. The Kier molecular flexibility index (Phi) is 3.00. The van der Waals surface area contributed by atoms with Gasteiger partial charge in [-0.05, 0) is 13.0 Å². The van der Waals surface area contributed by atoms with E-state index in [9.17, 15) is 4.79 Å². The van der Waals surface area contributed by atoms with Crippen molar-refractivity contribution in [2.75, 3.05) is 19.7 Å². The molecule has 2 fully saturated rings. The van der Waals surface area contributed by atoms with E-state index in [-0.39, 0.29) is 18.8 Å². The molecule has 0 spiro atoms. The van der Waals surface area contributed by atoms with Crippen LogP contribution >= 0.6 is 0 Å². The molecule has 3 atom stereocenters. The Balaban J connectivity index is 1.78. The van der Waals surface area contributed by atoms with Crippen LogP contribution in [0.5, 0.6) is 0 Å². The molecule has 2 rings (SSSR count). The largest absolute Gasteiger partial charge is 0.481 e. The van der Waals surface area contributed by atoms with Crippen molar-refractivity contribution in [3.8, 4) is 0 Å². The summed E-state index contributed by atoms with van der Waals surface area (Å²) in [5.74, 6) is -0.447. The first-order valence-electron chi connectivity index (χ1n) is 4.95. The molecule has 2 saturated heterocycles. The summed E-state index contributed by atoms with van der Waals surface area (Å²) in [7, 11) is 0. The van der Waals surface area contributed by atoms with Crippen LogP contribution in [0.15, 0.2) is 0 Å². The van der Waals surface area contributed by atoms with Gasteiger partial charge in [0.05, 0.1) is 19.1 Å². The first-order chi connectivity index (χ1) is 6.75. The number of rotatable bonds is 3. The van der Waals surface area contributed by atoms with Gasteiger partial charge in [-0.15, -0.1) is 0 Å². The first kappa shape index (κ1) is 9.89. The minimum atomic E-state index is -0.830. The maximum Gasteiger partial charge on any atom is 0.306 e. The lowest BCUT2D eigenvalue weighted by molar-refractivity contribution is -0.141. The predicted molar refractivity (Wildman–Crippen MR) is 47.8 cm³/mol. The predicted octanol–water partition coefficient (Wildman–Crippen LogP) is -0.188. The van der Waals surface area contributed by atoms with Crippen LogP contribution in [0.4, 0.5) is 0 Å². The van der Waals surface area contributed by atoms with Gasteiger partial charge in [0.1, 0.15) is 0 Å². The van der Waals surface area contributed by atoms with Crippen molar-refractivity contribution in [2.45, 2.75) is 25.2 Å². The van der Waals surface area contributed by atoms with Crippen LogP contribution in [0.3, 0.4) is 0 Å². The van der Waals surface area contributed by atoms with Crippen LogP contribution in [-0.4, -0.2) is 43.2 Å². The highest BCUT2D eigenvalue weighted by atomic mass is 16.7. The average Bonchev–Trinajstić information content (AvgIpc) is 2.69. The second-order valence-electron chi connectivity index (χ2n) is 3.81. The van der Waals surface area contributed by atoms with Gasteiger partial charge in [-0.1, -0.05) is 0 Å². The van der Waals surface area contributed by atoms with Gasteiger partial charge in [-0.3, -0.25) is 4.79 Å². The van der Waals surface area contributed by atoms with Gasteiger partial charge in [0.25, 0.3) is 0 Å². The number of hydrogen-bond acceptors (Lipinski definition) is 4. The molecule has 2 heterocycles. The molecule has 5 heteroatoms. The van der Waals surface area contributed by atoms with Gasteiger partial charge in [-0.25, -0.2) is 0 Å². The van der Waals surface area contributed by atoms with Gasteiger partial charge in [0, 0.05) is 12.5 Å². The molecule has 2 N–H and O–H groups in total. The zero-order valence-corrected chi connectivity index (χ0v) is 7.94. The van der Waals surface area contributed by atoms with E-state index in [4.69, 9.17) is 14.6 Å². The molecule has 80 valence electrons. The zero-order chi connectivity index (χ0) is 9.97. The standard InChI is InChI=1S/C9H15NO4/c11-8(12)3-7-5-13-9(14-7)6-1-2-10-4-6/h6-7,9-10H,1-5H2,(H,11,12). The summed E-state index contributed by atoms with van der Waals surface area (Å²) >= 11 is 0. The first-order valence-corrected chi connectivity index (χ1v) is 4.95. The van der Waals surface area contributed by atoms with E-state index in [1.807, 2.05) is 0 Å². The van der Waals surface area contributed by atoms with Gasteiger partial charge in [0.15, 0.2) is 6.29 Å². The molecule has 5 nitrogen and oxygen atoms in total. The highest BCUT2D eigenvalue weighted by Gasteiger charge is 2.34. The van der Waals surface area contributed by atoms with Crippen LogP contribution in [0, 0.1) is 5.92 Å². The van der Waals surface area contributed by atoms with Crippen molar-refractivity contribution in [3.05, 3.63) is 0 Å². The second-order valence-corrected chi connectivity index (χ2v) is 3.81. The van der Waals surface area contributed by atoms with E-state index in [0.29, 0.717) is 12.5 Å². The second kappa shape index (κ2) is 4.25. The maximum atomic E-state index is 10.4. The average molecular weight is 201 g/mol. The Morgan fingerprint density at radius 1 is 1.57 bits per heavy atom. The van der Waals surface area contributed by atoms with E-state index in [0.717, 1.165) is 19.5 Å². The summed E-state index contributed by atoms with van der Waals surface area (Å²) in [5.41, 5.74) is 0. The van der Waals surface area contributed by atoms with Gasteiger partial charge in [-0.2, -0.15) is 0 Å². The van der Waals surface area contributed by atoms with Crippen LogP contribution in [0.2, 0.25) is 0 Å². The van der Waals surface area contributed by atoms with E-state index < -0.39 is 5.97 Å². The van der Waals surface area contributed by atoms with E-state index >= 15 is 0 Å². The summed E-state index contributed by atoms with van der Waals surface area (Å²) in [6.07, 6.45) is 0.619. The highest BCUT2D eigenvalue weighted by Crippen LogP contribution is 2.24. The van der Waals surface area contributed by atoms with Crippen molar-refractivity contribution in [2.24, 2.45) is 5.92 Å². The fourth-order valence-electron chi connectivity index (χ4n) is 1.93. The molecular formula is C9H15NO4. The Morgan fingerprint density at radius 3 is 3.07 bits per heavy atom. The Labute approximate surface area is 82.4 Å². The van der Waals surface area contributed by atoms with Crippen LogP contribution < -0.4 is 5.32 Å². The Morgan fingerprint density at radius 2 is 2.43 bits per heavy atom. The molecule has 3 unspecified atom stereocenters. The minimum Gasteiger partial charge on any atom is -0.481 e. The van der Waals surface area contributed by atoms with Crippen LogP contribution in [-0.2, 0) is 14.3 Å². The molecule has 2 aliphatic rings. The SMILES string of the molecule is O=C(O)CC1COC(C2CCNC2)O1. The lowest BCUT2D eigenvalue weighted by Crippen LogP contribution is -2.25. The molecule has 0 amide bonds. The molecule has 0 bridgehead atoms. The number of aliphatic carboxylic acids is 1. The number of hydrogen-bond donors (Lipinski definition) is 2. The number of ether oxygens (including phenoxy) is 2. The number of carbonyl (C=O) groups is 1. The smallest absolute Gasteiger partial charge is 0.306 e. The third kappa shape index (κ3) is 2.23. The molecule has 14 heavy (non-hydrogen) atoms. The number of carboxylic acid groups (broad SMARTS) is 1. The molecule has 0 aromatic heterocycles. The molecule has 0 aliphatic carbocycles. The van der Waals surface area contributed by atoms with E-state index in [1.165, 1.54) is 0 Å². The summed E-state index contributed by atoms with van der Waals surface area (Å²) in [6, 6.07) is 0. The minimum absolute atomic E-state index is 0.0383. The molecule has 0 aromatic rings. The van der Waals surface area contributed by atoms with Gasteiger partial charge >= 0.3 is 5.97 Å². The van der Waals surface area contributed by atoms with Crippen molar-refractivity contribution in [3.63, 3.8) is 0 Å². The monoisotopic (exact) mass is 201 g/mol. The Hall–Kier alpha value is -0.650. The van der Waals surface area contributed by atoms with Crippen LogP contribution in [0.25, 0.3) is 0 Å². The quantitative estimate of drug-likeness (QED) is 0.662. The molecule has 0 aromatic carbocycles. The summed E-state index contributed by atoms with van der Waals surface area (Å²) in [5, 5.41) is 11.8. The normalized spacial score (nSPS) is 37.6. The maximum absolute atomic E-state index is 10.4. The molecule has 0 saturated carbocycles. The van der Waals surface area contributed by atoms with Gasteiger partial charge in [0.2, 0.25) is 0 Å². The van der Waals surface area contributed by atoms with Crippen molar-refractivity contribution < 1.29 is 19.4 Å². The van der Waals surface area contributed by atoms with Crippen molar-refractivity contribution in [1.82, 2.24) is 5.32 Å². The zero-order valence-electron chi connectivity index (χ0n) is 7.94. The highest BCUT2D eigenvalue weighted by molar-refractivity contribution is 5.67. The number of nitrogens with one attached hydrogen (secondary N) is 1. The lowest BCUT2D eigenvalue weighted by Gasteiger charge is -2.16. The van der Waals surface area contributed by atoms with E-state index in [1.54, 1.807) is 0 Å². The fraction of sp³-hybridized carbons (Fsp3) is 0.889.